The Morgan fingerprint density at radius 1 is 1.07 bits per heavy atom. The molecule has 0 radical (unpaired) electrons. The zero-order valence-corrected chi connectivity index (χ0v) is 17.9. The fraction of sp³-hybridized carbons (Fsp3) is 0.300. The minimum absolute atomic E-state index is 0.0214. The molecule has 0 amide bonds. The summed E-state index contributed by atoms with van der Waals surface area (Å²) in [6.07, 6.45) is -0.670. The van der Waals surface area contributed by atoms with Gasteiger partial charge in [0.15, 0.2) is 0 Å². The summed E-state index contributed by atoms with van der Waals surface area (Å²) in [5.41, 5.74) is 1.92. The molecule has 0 saturated carbocycles. The number of sulfonamides is 1. The van der Waals surface area contributed by atoms with E-state index in [4.69, 9.17) is 0 Å². The van der Waals surface area contributed by atoms with Crippen LogP contribution in [0, 0.1) is 0 Å². The number of aliphatic hydroxyl groups excluding tert-OH is 1. The van der Waals surface area contributed by atoms with E-state index in [1.807, 2.05) is 41.1 Å². The maximum Gasteiger partial charge on any atom is 0.240 e. The molecular weight excluding hydrogens is 398 g/mol. The molecule has 2 N–H and O–H groups in total. The maximum absolute atomic E-state index is 12.5. The predicted octanol–water partition coefficient (Wildman–Crippen LogP) is 4.67. The van der Waals surface area contributed by atoms with Gasteiger partial charge in [-0.15, -0.1) is 11.3 Å². The second kappa shape index (κ2) is 7.85. The third kappa shape index (κ3) is 4.86. The predicted molar refractivity (Wildman–Crippen MR) is 112 cm³/mol. The first-order valence-electron chi connectivity index (χ1n) is 8.56. The van der Waals surface area contributed by atoms with Gasteiger partial charge in [0, 0.05) is 16.3 Å². The number of thiophene rings is 2. The maximum atomic E-state index is 12.5. The monoisotopic (exact) mass is 421 g/mol. The van der Waals surface area contributed by atoms with E-state index in [9.17, 15) is 13.5 Å². The minimum Gasteiger partial charge on any atom is -0.383 e. The van der Waals surface area contributed by atoms with Crippen molar-refractivity contribution in [3.8, 4) is 0 Å². The number of rotatable bonds is 6. The Bertz CT molecular complexity index is 982. The van der Waals surface area contributed by atoms with Gasteiger partial charge in [-0.1, -0.05) is 32.9 Å². The molecule has 2 heterocycles. The fourth-order valence-electron chi connectivity index (χ4n) is 2.61. The first kappa shape index (κ1) is 20.2. The normalized spacial score (nSPS) is 13.6. The highest BCUT2D eigenvalue weighted by Crippen LogP contribution is 2.30. The number of benzene rings is 1. The van der Waals surface area contributed by atoms with E-state index in [2.05, 4.69) is 25.5 Å². The molecule has 0 aliphatic heterocycles. The summed E-state index contributed by atoms with van der Waals surface area (Å²) >= 11 is 2.94. The van der Waals surface area contributed by atoms with Crippen molar-refractivity contribution in [2.24, 2.45) is 0 Å². The molecule has 2 aromatic heterocycles. The van der Waals surface area contributed by atoms with Gasteiger partial charge < -0.3 is 5.11 Å². The van der Waals surface area contributed by atoms with E-state index in [0.717, 1.165) is 20.9 Å². The van der Waals surface area contributed by atoms with Crippen LogP contribution in [0.3, 0.4) is 0 Å². The van der Waals surface area contributed by atoms with Crippen molar-refractivity contribution >= 4 is 32.7 Å². The van der Waals surface area contributed by atoms with Crippen molar-refractivity contribution < 1.29 is 13.5 Å². The molecule has 1 unspecified atom stereocenters. The molecular formula is C20H23NO3S3. The van der Waals surface area contributed by atoms with Gasteiger partial charge >= 0.3 is 0 Å². The lowest BCUT2D eigenvalue weighted by atomic mass is 9.87. The van der Waals surface area contributed by atoms with E-state index in [1.54, 1.807) is 12.1 Å². The lowest BCUT2D eigenvalue weighted by Gasteiger charge is -2.19. The zero-order valence-electron chi connectivity index (χ0n) is 15.5. The number of hydrogen-bond donors (Lipinski definition) is 2. The van der Waals surface area contributed by atoms with E-state index >= 15 is 0 Å². The van der Waals surface area contributed by atoms with Crippen molar-refractivity contribution in [2.75, 3.05) is 0 Å². The Morgan fingerprint density at radius 2 is 1.78 bits per heavy atom. The van der Waals surface area contributed by atoms with Crippen LogP contribution in [0.5, 0.6) is 0 Å². The summed E-state index contributed by atoms with van der Waals surface area (Å²) in [6.45, 7) is 6.47. The van der Waals surface area contributed by atoms with Crippen LogP contribution in [0.4, 0.5) is 0 Å². The standard InChI is InChI=1S/C20H23NO3S3/c1-20(2,3)15-4-7-17(8-5-15)27(23,24)21-12-16-6-9-18(26-16)19(22)14-10-11-25-13-14/h4-11,13,19,21-22H,12H2,1-3H3. The van der Waals surface area contributed by atoms with Gasteiger partial charge in [-0.2, -0.15) is 11.3 Å². The summed E-state index contributed by atoms with van der Waals surface area (Å²) in [5, 5.41) is 14.2. The molecule has 0 bridgehead atoms. The smallest absolute Gasteiger partial charge is 0.240 e. The minimum atomic E-state index is -3.58. The molecule has 0 aliphatic rings. The van der Waals surface area contributed by atoms with E-state index in [1.165, 1.54) is 22.7 Å². The SMILES string of the molecule is CC(C)(C)c1ccc(S(=O)(=O)NCc2ccc(C(O)c3ccsc3)s2)cc1. The van der Waals surface area contributed by atoms with Crippen LogP contribution in [0.2, 0.25) is 0 Å². The molecule has 4 nitrogen and oxygen atoms in total. The van der Waals surface area contributed by atoms with E-state index < -0.39 is 16.1 Å². The van der Waals surface area contributed by atoms with Gasteiger partial charge in [0.2, 0.25) is 10.0 Å². The first-order chi connectivity index (χ1) is 12.7. The summed E-state index contributed by atoms with van der Waals surface area (Å²) < 4.78 is 27.7. The molecule has 3 rings (SSSR count). The van der Waals surface area contributed by atoms with Crippen molar-refractivity contribution in [1.82, 2.24) is 4.72 Å². The molecule has 27 heavy (non-hydrogen) atoms. The molecule has 0 saturated heterocycles. The number of nitrogens with one attached hydrogen (secondary N) is 1. The van der Waals surface area contributed by atoms with Gasteiger partial charge in [0.05, 0.1) is 4.90 Å². The lowest BCUT2D eigenvalue weighted by molar-refractivity contribution is 0.224. The zero-order chi connectivity index (χ0) is 19.7. The van der Waals surface area contributed by atoms with Crippen molar-refractivity contribution in [1.29, 1.82) is 0 Å². The highest BCUT2D eigenvalue weighted by molar-refractivity contribution is 7.89. The van der Waals surface area contributed by atoms with Crippen LogP contribution in [0.25, 0.3) is 0 Å². The molecule has 1 atom stereocenters. The van der Waals surface area contributed by atoms with Crippen LogP contribution in [0.1, 0.15) is 47.8 Å². The second-order valence-corrected chi connectivity index (χ2v) is 11.1. The van der Waals surface area contributed by atoms with Crippen LogP contribution in [-0.2, 0) is 22.0 Å². The summed E-state index contributed by atoms with van der Waals surface area (Å²) in [6, 6.07) is 12.6. The third-order valence-electron chi connectivity index (χ3n) is 4.28. The largest absolute Gasteiger partial charge is 0.383 e. The van der Waals surface area contributed by atoms with Gasteiger partial charge in [-0.3, -0.25) is 0 Å². The summed E-state index contributed by atoms with van der Waals surface area (Å²) in [4.78, 5) is 1.91. The Hall–Kier alpha value is -1.51. The highest BCUT2D eigenvalue weighted by Gasteiger charge is 2.18. The van der Waals surface area contributed by atoms with Gasteiger partial charge in [0.25, 0.3) is 0 Å². The highest BCUT2D eigenvalue weighted by atomic mass is 32.2. The average molecular weight is 422 g/mol. The molecule has 0 spiro atoms. The first-order valence-corrected chi connectivity index (χ1v) is 11.8. The van der Waals surface area contributed by atoms with E-state index in [0.29, 0.717) is 0 Å². The van der Waals surface area contributed by atoms with Crippen LogP contribution >= 0.6 is 22.7 Å². The van der Waals surface area contributed by atoms with Crippen molar-refractivity contribution in [3.05, 3.63) is 74.1 Å². The van der Waals surface area contributed by atoms with Gasteiger partial charge in [-0.05, 0) is 57.6 Å². The Balaban J connectivity index is 1.67. The summed E-state index contributed by atoms with van der Waals surface area (Å²) in [7, 11) is -3.58. The van der Waals surface area contributed by atoms with Crippen molar-refractivity contribution in [2.45, 2.75) is 43.7 Å². The molecule has 0 aliphatic carbocycles. The van der Waals surface area contributed by atoms with Gasteiger partial charge in [0.1, 0.15) is 6.10 Å². The lowest BCUT2D eigenvalue weighted by Crippen LogP contribution is -2.23. The Kier molecular flexibility index (Phi) is 5.88. The second-order valence-electron chi connectivity index (χ2n) is 7.36. The quantitative estimate of drug-likeness (QED) is 0.608. The molecule has 3 aromatic rings. The fourth-order valence-corrected chi connectivity index (χ4v) is 5.36. The number of aliphatic hydroxyl groups is 1. The van der Waals surface area contributed by atoms with Gasteiger partial charge in [-0.25, -0.2) is 13.1 Å². The van der Waals surface area contributed by atoms with Crippen LogP contribution < -0.4 is 4.72 Å². The topological polar surface area (TPSA) is 66.4 Å². The van der Waals surface area contributed by atoms with Crippen LogP contribution in [-0.4, -0.2) is 13.5 Å². The Morgan fingerprint density at radius 3 is 2.37 bits per heavy atom. The molecule has 7 heteroatoms. The summed E-state index contributed by atoms with van der Waals surface area (Å²) in [5.74, 6) is 0. The Labute approximate surface area is 168 Å². The number of hydrogen-bond acceptors (Lipinski definition) is 5. The van der Waals surface area contributed by atoms with Crippen molar-refractivity contribution in [3.63, 3.8) is 0 Å². The molecule has 1 aromatic carbocycles. The average Bonchev–Trinajstić information content (AvgIpc) is 3.31. The third-order valence-corrected chi connectivity index (χ3v) is 7.53. The molecule has 144 valence electrons. The van der Waals surface area contributed by atoms with E-state index in [-0.39, 0.29) is 16.9 Å². The van der Waals surface area contributed by atoms with Crippen LogP contribution in [0.15, 0.2) is 58.1 Å². The molecule has 0 fully saturated rings.